The molecule has 0 radical (unpaired) electrons. The van der Waals surface area contributed by atoms with Gasteiger partial charge in [-0.25, -0.2) is 0 Å². The zero-order chi connectivity index (χ0) is 11.5. The molecule has 0 unspecified atom stereocenters. The molecule has 0 bridgehead atoms. The van der Waals surface area contributed by atoms with E-state index in [1.807, 2.05) is 26.1 Å². The Balaban J connectivity index is 0.000000531. The lowest BCUT2D eigenvalue weighted by atomic mass is 10.1. The molecule has 1 aromatic heterocycles. The molecule has 1 aliphatic rings. The lowest BCUT2D eigenvalue weighted by Gasteiger charge is -2.30. The van der Waals surface area contributed by atoms with Crippen molar-refractivity contribution in [2.45, 2.75) is 53.2 Å². The first-order valence-corrected chi connectivity index (χ1v) is 5.75. The zero-order valence-electron chi connectivity index (χ0n) is 10.5. The molecule has 1 aromatic rings. The van der Waals surface area contributed by atoms with Gasteiger partial charge in [0, 0.05) is 24.8 Å². The van der Waals surface area contributed by atoms with Crippen LogP contribution in [0.1, 0.15) is 45.9 Å². The van der Waals surface area contributed by atoms with Gasteiger partial charge in [-0.1, -0.05) is 19.9 Å². The number of fused-ring (bicyclic) bond motifs is 1. The Morgan fingerprint density at radius 1 is 1.20 bits per heavy atom. The standard InChI is InChI=1S/C11H16N2.C2H6/c1-11(2,3)13-7-9-5-4-6-12-10(9)8-13;1-2/h4-6H,7-8H2,1-3H3;1-2H3. The summed E-state index contributed by atoms with van der Waals surface area (Å²) in [6, 6.07) is 4.19. The highest BCUT2D eigenvalue weighted by atomic mass is 15.2. The van der Waals surface area contributed by atoms with Crippen molar-refractivity contribution < 1.29 is 0 Å². The van der Waals surface area contributed by atoms with Gasteiger partial charge in [-0.15, -0.1) is 0 Å². The SMILES string of the molecule is CC.CC(C)(C)N1Cc2cccnc2C1. The van der Waals surface area contributed by atoms with Gasteiger partial charge in [0.05, 0.1) is 5.69 Å². The quantitative estimate of drug-likeness (QED) is 0.648. The zero-order valence-corrected chi connectivity index (χ0v) is 10.5. The summed E-state index contributed by atoms with van der Waals surface area (Å²) in [7, 11) is 0. The number of hydrogen-bond acceptors (Lipinski definition) is 2. The van der Waals surface area contributed by atoms with Gasteiger partial charge < -0.3 is 0 Å². The summed E-state index contributed by atoms with van der Waals surface area (Å²) in [5.41, 5.74) is 2.88. The van der Waals surface area contributed by atoms with Gasteiger partial charge in [-0.05, 0) is 32.4 Å². The summed E-state index contributed by atoms with van der Waals surface area (Å²) in [5.74, 6) is 0. The monoisotopic (exact) mass is 206 g/mol. The van der Waals surface area contributed by atoms with Crippen LogP contribution in [-0.2, 0) is 13.1 Å². The van der Waals surface area contributed by atoms with Crippen LogP contribution in [0.2, 0.25) is 0 Å². The van der Waals surface area contributed by atoms with Crippen molar-refractivity contribution in [3.63, 3.8) is 0 Å². The Morgan fingerprint density at radius 3 is 2.40 bits per heavy atom. The van der Waals surface area contributed by atoms with Crippen molar-refractivity contribution in [2.24, 2.45) is 0 Å². The molecule has 84 valence electrons. The van der Waals surface area contributed by atoms with Crippen molar-refractivity contribution in [1.29, 1.82) is 0 Å². The first kappa shape index (κ1) is 12.2. The van der Waals surface area contributed by atoms with Gasteiger partial charge in [0.25, 0.3) is 0 Å². The molecule has 0 aromatic carbocycles. The molecular formula is C13H22N2. The molecule has 0 amide bonds. The minimum absolute atomic E-state index is 0.251. The predicted octanol–water partition coefficient (Wildman–Crippen LogP) is 3.22. The molecule has 0 saturated carbocycles. The Hall–Kier alpha value is -0.890. The number of pyridine rings is 1. The maximum absolute atomic E-state index is 4.38. The topological polar surface area (TPSA) is 16.1 Å². The molecule has 0 atom stereocenters. The van der Waals surface area contributed by atoms with Gasteiger partial charge in [-0.2, -0.15) is 0 Å². The molecule has 2 nitrogen and oxygen atoms in total. The van der Waals surface area contributed by atoms with Gasteiger partial charge in [0.15, 0.2) is 0 Å². The summed E-state index contributed by atoms with van der Waals surface area (Å²) in [4.78, 5) is 6.83. The summed E-state index contributed by atoms with van der Waals surface area (Å²) < 4.78 is 0. The van der Waals surface area contributed by atoms with Gasteiger partial charge in [0.2, 0.25) is 0 Å². The average Bonchev–Trinajstić information content (AvgIpc) is 2.63. The second-order valence-corrected chi connectivity index (χ2v) is 4.64. The molecule has 15 heavy (non-hydrogen) atoms. The Bertz CT molecular complexity index is 288. The smallest absolute Gasteiger partial charge is 0.0589 e. The minimum Gasteiger partial charge on any atom is -0.288 e. The minimum atomic E-state index is 0.251. The van der Waals surface area contributed by atoms with Crippen molar-refractivity contribution in [3.05, 3.63) is 29.6 Å². The van der Waals surface area contributed by atoms with Crippen LogP contribution in [0, 0.1) is 0 Å². The van der Waals surface area contributed by atoms with Crippen LogP contribution in [-0.4, -0.2) is 15.4 Å². The van der Waals surface area contributed by atoms with Crippen LogP contribution in [0.3, 0.4) is 0 Å². The van der Waals surface area contributed by atoms with Crippen LogP contribution in [0.4, 0.5) is 0 Å². The average molecular weight is 206 g/mol. The van der Waals surface area contributed by atoms with Crippen molar-refractivity contribution in [1.82, 2.24) is 9.88 Å². The highest BCUT2D eigenvalue weighted by Gasteiger charge is 2.28. The summed E-state index contributed by atoms with van der Waals surface area (Å²) >= 11 is 0. The Morgan fingerprint density at radius 2 is 1.87 bits per heavy atom. The third-order valence-electron chi connectivity index (χ3n) is 2.64. The van der Waals surface area contributed by atoms with E-state index in [4.69, 9.17) is 0 Å². The number of aromatic nitrogens is 1. The fourth-order valence-corrected chi connectivity index (χ4v) is 1.67. The van der Waals surface area contributed by atoms with Crippen molar-refractivity contribution in [3.8, 4) is 0 Å². The molecule has 2 rings (SSSR count). The maximum Gasteiger partial charge on any atom is 0.0589 e. The van der Waals surface area contributed by atoms with Crippen LogP contribution in [0.5, 0.6) is 0 Å². The number of hydrogen-bond donors (Lipinski definition) is 0. The number of rotatable bonds is 0. The molecule has 0 fully saturated rings. The van der Waals surface area contributed by atoms with E-state index >= 15 is 0 Å². The third kappa shape index (κ3) is 2.78. The molecule has 2 heteroatoms. The summed E-state index contributed by atoms with van der Waals surface area (Å²) in [6.07, 6.45) is 1.88. The molecular weight excluding hydrogens is 184 g/mol. The number of nitrogens with zero attached hydrogens (tertiary/aromatic N) is 2. The predicted molar refractivity (Wildman–Crippen MR) is 64.6 cm³/mol. The molecule has 1 aliphatic heterocycles. The first-order chi connectivity index (χ1) is 7.07. The molecule has 0 spiro atoms. The highest BCUT2D eigenvalue weighted by molar-refractivity contribution is 5.24. The summed E-state index contributed by atoms with van der Waals surface area (Å²) in [5, 5.41) is 0. The van der Waals surface area contributed by atoms with Crippen molar-refractivity contribution in [2.75, 3.05) is 0 Å². The highest BCUT2D eigenvalue weighted by Crippen LogP contribution is 2.27. The van der Waals surface area contributed by atoms with Crippen LogP contribution < -0.4 is 0 Å². The molecule has 0 saturated heterocycles. The second-order valence-electron chi connectivity index (χ2n) is 4.64. The van der Waals surface area contributed by atoms with E-state index in [1.54, 1.807) is 0 Å². The lowest BCUT2D eigenvalue weighted by molar-refractivity contribution is 0.135. The van der Waals surface area contributed by atoms with Gasteiger partial charge in [-0.3, -0.25) is 9.88 Å². The van der Waals surface area contributed by atoms with Gasteiger partial charge in [0.1, 0.15) is 0 Å². The lowest BCUT2D eigenvalue weighted by Crippen LogP contribution is -2.36. The fourth-order valence-electron chi connectivity index (χ4n) is 1.67. The molecule has 2 heterocycles. The van der Waals surface area contributed by atoms with Crippen LogP contribution in [0.25, 0.3) is 0 Å². The van der Waals surface area contributed by atoms with E-state index in [-0.39, 0.29) is 5.54 Å². The third-order valence-corrected chi connectivity index (χ3v) is 2.64. The Kier molecular flexibility index (Phi) is 3.86. The van der Waals surface area contributed by atoms with Crippen LogP contribution in [0.15, 0.2) is 18.3 Å². The van der Waals surface area contributed by atoms with E-state index in [9.17, 15) is 0 Å². The van der Waals surface area contributed by atoms with E-state index in [0.717, 1.165) is 13.1 Å². The van der Waals surface area contributed by atoms with E-state index < -0.39 is 0 Å². The normalized spacial score (nSPS) is 15.5. The van der Waals surface area contributed by atoms with Gasteiger partial charge >= 0.3 is 0 Å². The first-order valence-electron chi connectivity index (χ1n) is 5.75. The van der Waals surface area contributed by atoms with Crippen LogP contribution >= 0.6 is 0 Å². The van der Waals surface area contributed by atoms with E-state index in [1.165, 1.54) is 11.3 Å². The Labute approximate surface area is 93.3 Å². The summed E-state index contributed by atoms with van der Waals surface area (Å²) in [6.45, 7) is 12.8. The molecule has 0 N–H and O–H groups in total. The largest absolute Gasteiger partial charge is 0.288 e. The maximum atomic E-state index is 4.38. The molecule has 0 aliphatic carbocycles. The van der Waals surface area contributed by atoms with E-state index in [0.29, 0.717) is 0 Å². The second kappa shape index (κ2) is 4.75. The van der Waals surface area contributed by atoms with Crippen molar-refractivity contribution >= 4 is 0 Å². The fraction of sp³-hybridized carbons (Fsp3) is 0.615. The van der Waals surface area contributed by atoms with E-state index in [2.05, 4.69) is 36.7 Å².